The summed E-state index contributed by atoms with van der Waals surface area (Å²) < 4.78 is 73.1. The van der Waals surface area contributed by atoms with Crippen LogP contribution in [0.15, 0.2) is 0 Å². The number of rotatable bonds is 7. The van der Waals surface area contributed by atoms with Gasteiger partial charge in [0.25, 0.3) is 15.6 Å². The number of phosphoric ester groups is 1. The summed E-state index contributed by atoms with van der Waals surface area (Å²) in [5.41, 5.74) is 0. The minimum atomic E-state index is -6.14. The van der Waals surface area contributed by atoms with Crippen LogP contribution in [0.1, 0.15) is 6.92 Å². The molecule has 3 unspecified atom stereocenters. The minimum absolute atomic E-state index is 0.885. The van der Waals surface area contributed by atoms with E-state index in [1.54, 1.807) is 0 Å². The zero-order chi connectivity index (χ0) is 18.3. The van der Waals surface area contributed by atoms with Gasteiger partial charge < -0.3 is 38.5 Å². The molecule has 23 heavy (non-hydrogen) atoms. The van der Waals surface area contributed by atoms with E-state index in [4.69, 9.17) is 0 Å². The van der Waals surface area contributed by atoms with E-state index in [1.165, 1.54) is 0 Å². The van der Waals surface area contributed by atoms with E-state index in [-0.39, 0.29) is 0 Å². The van der Waals surface area contributed by atoms with E-state index in [0.717, 1.165) is 6.92 Å². The molecule has 1 heterocycles. The largest absolute Gasteiger partial charge is 0.790 e. The first-order valence-corrected chi connectivity index (χ1v) is 9.87. The predicted octanol–water partition coefficient (Wildman–Crippen LogP) is -2.41. The molecule has 1 aliphatic rings. The Labute approximate surface area is 127 Å². The Bertz CT molecular complexity index is 575. The van der Waals surface area contributed by atoms with Crippen molar-refractivity contribution in [3.63, 3.8) is 0 Å². The second-order valence-corrected chi connectivity index (χ2v) is 8.48. The molecule has 12 nitrogen and oxygen atoms in total. The van der Waals surface area contributed by atoms with Gasteiger partial charge in [0.1, 0.15) is 18.3 Å². The van der Waals surface area contributed by atoms with E-state index in [1.807, 2.05) is 0 Å². The van der Waals surface area contributed by atoms with Crippen molar-refractivity contribution < 1.29 is 65.0 Å². The van der Waals surface area contributed by atoms with E-state index >= 15 is 0 Å². The Morgan fingerprint density at radius 1 is 1.13 bits per heavy atom. The van der Waals surface area contributed by atoms with Gasteiger partial charge in [0.15, 0.2) is 0 Å². The molecular formula is C6H9F2O12P3-4. The van der Waals surface area contributed by atoms with Gasteiger partial charge in [-0.25, -0.2) is 13.1 Å². The molecule has 1 rings (SSSR count). The second-order valence-electron chi connectivity index (χ2n) is 4.24. The normalized spacial score (nSPS) is 33.1. The van der Waals surface area contributed by atoms with E-state index in [9.17, 15) is 47.2 Å². The lowest BCUT2D eigenvalue weighted by atomic mass is 10.1. The van der Waals surface area contributed by atoms with Gasteiger partial charge in [-0.15, -0.1) is 0 Å². The molecular weight excluding hydrogens is 395 g/mol. The fourth-order valence-electron chi connectivity index (χ4n) is 1.49. The first-order valence-electron chi connectivity index (χ1n) is 5.48. The average molecular weight is 404 g/mol. The van der Waals surface area contributed by atoms with Crippen LogP contribution in [0.3, 0.4) is 0 Å². The molecule has 0 aliphatic carbocycles. The van der Waals surface area contributed by atoms with Crippen LogP contribution in [0.4, 0.5) is 8.78 Å². The summed E-state index contributed by atoms with van der Waals surface area (Å²) in [5.74, 6) is -3.71. The van der Waals surface area contributed by atoms with E-state index in [0.29, 0.717) is 0 Å². The summed E-state index contributed by atoms with van der Waals surface area (Å²) in [5, 5.41) is 9.22. The zero-order valence-electron chi connectivity index (χ0n) is 11.0. The first kappa shape index (κ1) is 21.2. The molecule has 0 amide bonds. The Kier molecular flexibility index (Phi) is 6.31. The number of halogens is 2. The van der Waals surface area contributed by atoms with Gasteiger partial charge in [-0.1, -0.05) is 0 Å². The van der Waals surface area contributed by atoms with Crippen LogP contribution in [0.2, 0.25) is 0 Å². The van der Waals surface area contributed by atoms with Gasteiger partial charge in [0.05, 0.1) is 14.4 Å². The molecule has 0 aromatic carbocycles. The highest BCUT2D eigenvalue weighted by Crippen LogP contribution is 2.60. The number of hydrogen-bond acceptors (Lipinski definition) is 12. The first-order chi connectivity index (χ1) is 10.1. The van der Waals surface area contributed by atoms with Crippen molar-refractivity contribution in [1.29, 1.82) is 0 Å². The van der Waals surface area contributed by atoms with Crippen molar-refractivity contribution in [2.24, 2.45) is 0 Å². The van der Waals surface area contributed by atoms with Gasteiger partial charge >= 0.3 is 5.92 Å². The van der Waals surface area contributed by atoms with Gasteiger partial charge in [0.2, 0.25) is 0 Å². The number of phosphoric acid groups is 3. The molecule has 17 heteroatoms. The van der Waals surface area contributed by atoms with Crippen molar-refractivity contribution in [2.45, 2.75) is 31.2 Å². The lowest BCUT2D eigenvalue weighted by Gasteiger charge is -2.37. The maximum Gasteiger partial charge on any atom is 0.301 e. The topological polar surface area (TPSA) is 201 Å². The molecule has 1 saturated heterocycles. The molecule has 1 aliphatic heterocycles. The SMILES string of the molecule is C[C@@H]1O[C@H](COP(=O)([O-])OP(=O)([O-])OP(=O)([O-])[O-])C(O)C1(F)F. The highest BCUT2D eigenvalue weighted by atomic mass is 31.3. The molecule has 138 valence electrons. The van der Waals surface area contributed by atoms with Crippen molar-refractivity contribution in [3.05, 3.63) is 0 Å². The zero-order valence-corrected chi connectivity index (χ0v) is 13.7. The Morgan fingerprint density at radius 2 is 1.65 bits per heavy atom. The highest BCUT2D eigenvalue weighted by Gasteiger charge is 2.56. The van der Waals surface area contributed by atoms with Crippen LogP contribution in [0.5, 0.6) is 0 Å². The van der Waals surface area contributed by atoms with Crippen LogP contribution in [0.25, 0.3) is 0 Å². The lowest BCUT2D eigenvalue weighted by molar-refractivity contribution is -0.339. The van der Waals surface area contributed by atoms with Crippen LogP contribution in [0, 0.1) is 0 Å². The van der Waals surface area contributed by atoms with Crippen molar-refractivity contribution in [3.8, 4) is 0 Å². The van der Waals surface area contributed by atoms with Crippen molar-refractivity contribution in [1.82, 2.24) is 0 Å². The molecule has 0 radical (unpaired) electrons. The maximum atomic E-state index is 13.2. The Hall–Kier alpha value is 0.190. The van der Waals surface area contributed by atoms with Gasteiger partial charge in [-0.05, 0) is 6.92 Å². The molecule has 0 saturated carbocycles. The third kappa shape index (κ3) is 6.20. The molecule has 0 spiro atoms. The summed E-state index contributed by atoms with van der Waals surface area (Å²) >= 11 is 0. The summed E-state index contributed by atoms with van der Waals surface area (Å²) in [7, 11) is -18.1. The van der Waals surface area contributed by atoms with Gasteiger partial charge in [-0.3, -0.25) is 13.4 Å². The van der Waals surface area contributed by atoms with Crippen LogP contribution in [-0.4, -0.2) is 35.9 Å². The third-order valence-electron chi connectivity index (χ3n) is 2.46. The molecule has 0 aromatic heterocycles. The minimum Gasteiger partial charge on any atom is -0.790 e. The van der Waals surface area contributed by atoms with Crippen LogP contribution in [-0.2, 0) is 31.6 Å². The molecule has 1 fully saturated rings. The average Bonchev–Trinajstić information content (AvgIpc) is 2.45. The molecule has 1 N–H and O–H groups in total. The fraction of sp³-hybridized carbons (Fsp3) is 1.00. The summed E-state index contributed by atoms with van der Waals surface area (Å²) in [4.78, 5) is 42.1. The number of alkyl halides is 2. The fourth-order valence-corrected chi connectivity index (χ4v) is 4.36. The Balaban J connectivity index is 2.65. The van der Waals surface area contributed by atoms with E-state index in [2.05, 4.69) is 17.9 Å². The number of aliphatic hydroxyl groups excluding tert-OH is 1. The predicted molar refractivity (Wildman–Crippen MR) is 56.2 cm³/mol. The van der Waals surface area contributed by atoms with Crippen LogP contribution < -0.4 is 19.6 Å². The number of hydrogen-bond donors (Lipinski definition) is 1. The number of ether oxygens (including phenoxy) is 1. The van der Waals surface area contributed by atoms with E-state index < -0.39 is 54.3 Å². The molecule has 0 aromatic rings. The lowest BCUT2D eigenvalue weighted by Crippen LogP contribution is -2.40. The summed E-state index contributed by atoms with van der Waals surface area (Å²) in [6.07, 6.45) is -6.07. The highest BCUT2D eigenvalue weighted by molar-refractivity contribution is 7.64. The number of aliphatic hydroxyl groups is 1. The summed E-state index contributed by atoms with van der Waals surface area (Å²) in [6.45, 7) is -0.384. The van der Waals surface area contributed by atoms with Crippen molar-refractivity contribution in [2.75, 3.05) is 6.61 Å². The van der Waals surface area contributed by atoms with Gasteiger partial charge in [0, 0.05) is 0 Å². The summed E-state index contributed by atoms with van der Waals surface area (Å²) in [6, 6.07) is 0. The smallest absolute Gasteiger partial charge is 0.301 e. The molecule has 0 bridgehead atoms. The third-order valence-corrected chi connectivity index (χ3v) is 6.13. The quantitative estimate of drug-likeness (QED) is 0.441. The molecule has 5 atom stereocenters. The van der Waals surface area contributed by atoms with Crippen LogP contribution >= 0.6 is 23.5 Å². The van der Waals surface area contributed by atoms with Crippen molar-refractivity contribution >= 4 is 23.5 Å². The Morgan fingerprint density at radius 3 is 2.04 bits per heavy atom. The standard InChI is InChI=1S/C6H13F2O12P3/c1-3-6(7,8)5(9)4(18-3)2-17-22(13,14)20-23(15,16)19-21(10,11)12/h3-5,9H,2H2,1H3,(H,13,14)(H,15,16)(H2,10,11,12)/p-4/t3-,4+,5?/m0/s1. The second kappa shape index (κ2) is 6.83. The monoisotopic (exact) mass is 404 g/mol. The van der Waals surface area contributed by atoms with Gasteiger partial charge in [-0.2, -0.15) is 0 Å². The maximum absolute atomic E-state index is 13.2.